The molecule has 4 rings (SSSR count). The minimum absolute atomic E-state index is 0.334. The first kappa shape index (κ1) is 13.6. The highest BCUT2D eigenvalue weighted by Crippen LogP contribution is 2.31. The van der Waals surface area contributed by atoms with Gasteiger partial charge in [0.2, 0.25) is 0 Å². The lowest BCUT2D eigenvalue weighted by Gasteiger charge is -2.33. The number of aryl methyl sites for hydroxylation is 2. The highest BCUT2D eigenvalue weighted by Gasteiger charge is 2.38. The number of phenolic OH excluding ortho intramolecular Hbond substituents is 1. The van der Waals surface area contributed by atoms with Gasteiger partial charge < -0.3 is 9.84 Å². The Morgan fingerprint density at radius 1 is 1.24 bits per heavy atom. The summed E-state index contributed by atoms with van der Waals surface area (Å²) in [6, 6.07) is 4.73. The van der Waals surface area contributed by atoms with Gasteiger partial charge in [0.25, 0.3) is 0 Å². The molecule has 0 radical (unpaired) electrons. The van der Waals surface area contributed by atoms with Crippen molar-refractivity contribution in [3.05, 3.63) is 28.8 Å². The van der Waals surface area contributed by atoms with E-state index < -0.39 is 0 Å². The van der Waals surface area contributed by atoms with Crippen molar-refractivity contribution in [2.45, 2.75) is 38.0 Å². The molecule has 1 aromatic rings. The molecule has 4 nitrogen and oxygen atoms in total. The standard InChI is InChI=1S/C17H24N2O2/c1-18-5-6-21-17-11-19(10-15(17)18)9-14-7-12-3-2-4-13(12)8-16(14)20/h7-8,15,17,20H,2-6,9-11H2,1H3. The predicted molar refractivity (Wildman–Crippen MR) is 81.6 cm³/mol. The van der Waals surface area contributed by atoms with Crippen LogP contribution in [0.4, 0.5) is 0 Å². The fraction of sp³-hybridized carbons (Fsp3) is 0.647. The molecule has 1 aliphatic carbocycles. The number of phenols is 1. The van der Waals surface area contributed by atoms with E-state index >= 15 is 0 Å². The molecule has 2 fully saturated rings. The Balaban J connectivity index is 1.49. The molecule has 2 saturated heterocycles. The number of fused-ring (bicyclic) bond motifs is 2. The summed E-state index contributed by atoms with van der Waals surface area (Å²) in [4.78, 5) is 4.84. The van der Waals surface area contributed by atoms with E-state index in [1.54, 1.807) is 0 Å². The summed E-state index contributed by atoms with van der Waals surface area (Å²) < 4.78 is 5.90. The van der Waals surface area contributed by atoms with Crippen molar-refractivity contribution in [2.75, 3.05) is 33.3 Å². The second-order valence-corrected chi connectivity index (χ2v) is 6.75. The molecule has 1 aromatic carbocycles. The van der Waals surface area contributed by atoms with Crippen LogP contribution in [0.3, 0.4) is 0 Å². The zero-order valence-electron chi connectivity index (χ0n) is 12.7. The third-order valence-corrected chi connectivity index (χ3v) is 5.34. The van der Waals surface area contributed by atoms with Gasteiger partial charge in [-0.25, -0.2) is 0 Å². The van der Waals surface area contributed by atoms with Gasteiger partial charge >= 0.3 is 0 Å². The number of hydrogen-bond acceptors (Lipinski definition) is 4. The first-order valence-corrected chi connectivity index (χ1v) is 8.08. The maximum atomic E-state index is 10.3. The molecule has 2 heterocycles. The first-order valence-electron chi connectivity index (χ1n) is 8.08. The van der Waals surface area contributed by atoms with Crippen LogP contribution in [0.25, 0.3) is 0 Å². The minimum Gasteiger partial charge on any atom is -0.508 e. The summed E-state index contributed by atoms with van der Waals surface area (Å²) in [5.74, 6) is 0.472. The molecule has 0 spiro atoms. The number of benzene rings is 1. The van der Waals surface area contributed by atoms with Crippen LogP contribution >= 0.6 is 0 Å². The van der Waals surface area contributed by atoms with E-state index in [9.17, 15) is 5.11 Å². The molecule has 1 N–H and O–H groups in total. The zero-order chi connectivity index (χ0) is 14.4. The molecule has 2 aliphatic heterocycles. The molecule has 0 saturated carbocycles. The van der Waals surface area contributed by atoms with Crippen LogP contribution in [0.2, 0.25) is 0 Å². The molecule has 114 valence electrons. The third-order valence-electron chi connectivity index (χ3n) is 5.34. The van der Waals surface area contributed by atoms with Gasteiger partial charge in [-0.3, -0.25) is 9.80 Å². The number of morpholine rings is 1. The van der Waals surface area contributed by atoms with E-state index in [-0.39, 0.29) is 0 Å². The van der Waals surface area contributed by atoms with Crippen molar-refractivity contribution < 1.29 is 9.84 Å². The van der Waals surface area contributed by atoms with E-state index in [1.165, 1.54) is 24.0 Å². The summed E-state index contributed by atoms with van der Waals surface area (Å²) in [5, 5.41) is 10.3. The van der Waals surface area contributed by atoms with Gasteiger partial charge in [-0.05, 0) is 43.5 Å². The lowest BCUT2D eigenvalue weighted by molar-refractivity contribution is -0.0370. The molecular formula is C17H24N2O2. The molecular weight excluding hydrogens is 264 g/mol. The molecule has 0 aromatic heterocycles. The molecule has 4 heteroatoms. The van der Waals surface area contributed by atoms with Crippen molar-refractivity contribution >= 4 is 0 Å². The number of likely N-dealkylation sites (N-methyl/N-ethyl adjacent to an activating group) is 1. The summed E-state index contributed by atoms with van der Waals surface area (Å²) in [6.07, 6.45) is 3.85. The van der Waals surface area contributed by atoms with Gasteiger partial charge in [-0.1, -0.05) is 6.07 Å². The van der Waals surface area contributed by atoms with Gasteiger partial charge in [-0.15, -0.1) is 0 Å². The second kappa shape index (κ2) is 5.27. The Bertz CT molecular complexity index is 546. The highest BCUT2D eigenvalue weighted by molar-refractivity contribution is 5.44. The lowest BCUT2D eigenvalue weighted by Crippen LogP contribution is -2.48. The van der Waals surface area contributed by atoms with Gasteiger partial charge in [0.05, 0.1) is 12.7 Å². The van der Waals surface area contributed by atoms with Crippen molar-refractivity contribution in [1.82, 2.24) is 9.80 Å². The van der Waals surface area contributed by atoms with Crippen LogP contribution in [-0.2, 0) is 24.1 Å². The molecule has 3 aliphatic rings. The fourth-order valence-corrected chi connectivity index (χ4v) is 4.09. The number of likely N-dealkylation sites (tertiary alicyclic amines) is 1. The van der Waals surface area contributed by atoms with E-state index in [0.717, 1.165) is 44.8 Å². The normalized spacial score (nSPS) is 29.6. The quantitative estimate of drug-likeness (QED) is 0.892. The van der Waals surface area contributed by atoms with Crippen LogP contribution < -0.4 is 0 Å². The average Bonchev–Trinajstić information content (AvgIpc) is 3.06. The third kappa shape index (κ3) is 2.45. The van der Waals surface area contributed by atoms with E-state index in [1.807, 2.05) is 6.07 Å². The van der Waals surface area contributed by atoms with Crippen LogP contribution in [0.15, 0.2) is 12.1 Å². The van der Waals surface area contributed by atoms with Crippen LogP contribution in [-0.4, -0.2) is 60.3 Å². The van der Waals surface area contributed by atoms with Gasteiger partial charge in [0.1, 0.15) is 5.75 Å². The summed E-state index contributed by atoms with van der Waals surface area (Å²) in [5.41, 5.74) is 3.86. The van der Waals surface area contributed by atoms with E-state index in [2.05, 4.69) is 22.9 Å². The van der Waals surface area contributed by atoms with Crippen molar-refractivity contribution in [1.29, 1.82) is 0 Å². The SMILES string of the molecule is CN1CCOC2CN(Cc3cc4c(cc3O)CCC4)CC21. The molecule has 21 heavy (non-hydrogen) atoms. The van der Waals surface area contributed by atoms with Crippen LogP contribution in [0, 0.1) is 0 Å². The molecule has 0 amide bonds. The minimum atomic E-state index is 0.334. The zero-order valence-corrected chi connectivity index (χ0v) is 12.7. The van der Waals surface area contributed by atoms with E-state index in [0.29, 0.717) is 17.9 Å². The number of rotatable bonds is 2. The van der Waals surface area contributed by atoms with Gasteiger partial charge in [0, 0.05) is 37.8 Å². The summed E-state index contributed by atoms with van der Waals surface area (Å²) >= 11 is 0. The van der Waals surface area contributed by atoms with Crippen LogP contribution in [0.1, 0.15) is 23.1 Å². The maximum absolute atomic E-state index is 10.3. The number of ether oxygens (including phenoxy) is 1. The maximum Gasteiger partial charge on any atom is 0.120 e. The highest BCUT2D eigenvalue weighted by atomic mass is 16.5. The molecule has 0 bridgehead atoms. The smallest absolute Gasteiger partial charge is 0.120 e. The molecule has 2 unspecified atom stereocenters. The van der Waals surface area contributed by atoms with Crippen molar-refractivity contribution in [3.63, 3.8) is 0 Å². The number of nitrogens with zero attached hydrogens (tertiary/aromatic N) is 2. The predicted octanol–water partition coefficient (Wildman–Crippen LogP) is 1.40. The Labute approximate surface area is 126 Å². The number of hydrogen-bond donors (Lipinski definition) is 1. The van der Waals surface area contributed by atoms with Crippen molar-refractivity contribution in [2.24, 2.45) is 0 Å². The van der Waals surface area contributed by atoms with Crippen LogP contribution in [0.5, 0.6) is 5.75 Å². The largest absolute Gasteiger partial charge is 0.508 e. The Hall–Kier alpha value is -1.10. The van der Waals surface area contributed by atoms with E-state index in [4.69, 9.17) is 4.74 Å². The first-order chi connectivity index (χ1) is 10.2. The van der Waals surface area contributed by atoms with Crippen molar-refractivity contribution in [3.8, 4) is 5.75 Å². The summed E-state index contributed by atoms with van der Waals surface area (Å²) in [7, 11) is 2.19. The molecule has 2 atom stereocenters. The summed E-state index contributed by atoms with van der Waals surface area (Å²) in [6.45, 7) is 4.72. The number of aromatic hydroxyl groups is 1. The monoisotopic (exact) mass is 288 g/mol. The lowest BCUT2D eigenvalue weighted by atomic mass is 10.0. The van der Waals surface area contributed by atoms with Gasteiger partial charge in [0.15, 0.2) is 0 Å². The van der Waals surface area contributed by atoms with Gasteiger partial charge in [-0.2, -0.15) is 0 Å². The fourth-order valence-electron chi connectivity index (χ4n) is 4.09. The Morgan fingerprint density at radius 3 is 2.86 bits per heavy atom. The topological polar surface area (TPSA) is 35.9 Å². The Morgan fingerprint density at radius 2 is 2.05 bits per heavy atom. The Kier molecular flexibility index (Phi) is 3.40. The average molecular weight is 288 g/mol. The second-order valence-electron chi connectivity index (χ2n) is 6.75.